The Balaban J connectivity index is 1.46. The van der Waals surface area contributed by atoms with Gasteiger partial charge in [0.1, 0.15) is 0 Å². The summed E-state index contributed by atoms with van der Waals surface area (Å²) in [5, 5.41) is 9.34. The molecule has 2 unspecified atom stereocenters. The van der Waals surface area contributed by atoms with E-state index in [0.29, 0.717) is 26.2 Å². The highest BCUT2D eigenvalue weighted by atomic mass is 32.2. The van der Waals surface area contributed by atoms with Crippen LogP contribution in [0.25, 0.3) is 0 Å². The molecule has 1 aliphatic carbocycles. The second-order valence-corrected chi connectivity index (χ2v) is 11.8. The van der Waals surface area contributed by atoms with Crippen molar-refractivity contribution in [2.24, 2.45) is 5.92 Å². The van der Waals surface area contributed by atoms with Crippen molar-refractivity contribution < 1.29 is 23.1 Å². The van der Waals surface area contributed by atoms with Crippen molar-refractivity contribution in [3.8, 4) is 0 Å². The molecule has 1 saturated heterocycles. The molecule has 1 heterocycles. The van der Waals surface area contributed by atoms with Crippen LogP contribution in [0.15, 0.2) is 83.8 Å². The Morgan fingerprint density at radius 1 is 0.972 bits per heavy atom. The number of carboxylic acids is 1. The Hall–Kier alpha value is -2.78. The molecule has 1 fully saturated rings. The second-order valence-electron chi connectivity index (χ2n) is 9.85. The van der Waals surface area contributed by atoms with Gasteiger partial charge in [0.2, 0.25) is 10.0 Å². The van der Waals surface area contributed by atoms with E-state index in [9.17, 15) is 18.3 Å². The van der Waals surface area contributed by atoms with Gasteiger partial charge in [-0.05, 0) is 31.1 Å². The zero-order chi connectivity index (χ0) is 25.9. The third-order valence-electron chi connectivity index (χ3n) is 6.85. The maximum Gasteiger partial charge on any atom is 0.335 e. The molecule has 0 bridgehead atoms. The van der Waals surface area contributed by atoms with Crippen LogP contribution in [0, 0.1) is 5.92 Å². The first kappa shape index (κ1) is 26.3. The van der Waals surface area contributed by atoms with Crippen molar-refractivity contribution in [3.63, 3.8) is 0 Å². The number of hydrogen-bond acceptors (Lipinski definition) is 5. The van der Waals surface area contributed by atoms with E-state index in [4.69, 9.17) is 4.74 Å². The molecule has 8 heteroatoms. The fourth-order valence-corrected chi connectivity index (χ4v) is 6.30. The minimum atomic E-state index is -3.67. The second kappa shape index (κ2) is 10.7. The highest BCUT2D eigenvalue weighted by molar-refractivity contribution is 7.93. The van der Waals surface area contributed by atoms with Crippen molar-refractivity contribution in [2.45, 2.75) is 38.5 Å². The van der Waals surface area contributed by atoms with E-state index < -0.39 is 27.7 Å². The Labute approximate surface area is 213 Å². The van der Waals surface area contributed by atoms with Gasteiger partial charge in [0.05, 0.1) is 17.1 Å². The third kappa shape index (κ3) is 5.62. The maximum absolute atomic E-state index is 13.5. The van der Waals surface area contributed by atoms with Gasteiger partial charge < -0.3 is 9.84 Å². The lowest BCUT2D eigenvalue weighted by atomic mass is 9.96. The molecule has 1 N–H and O–H groups in total. The largest absolute Gasteiger partial charge is 0.479 e. The van der Waals surface area contributed by atoms with Gasteiger partial charge in [-0.1, -0.05) is 79.7 Å². The van der Waals surface area contributed by atoms with Crippen LogP contribution in [0.3, 0.4) is 0 Å². The smallest absolute Gasteiger partial charge is 0.335 e. The first-order valence-corrected chi connectivity index (χ1v) is 13.7. The quantitative estimate of drug-likeness (QED) is 0.576. The molecule has 2 aromatic rings. The van der Waals surface area contributed by atoms with Crippen LogP contribution in [0.1, 0.15) is 37.9 Å². The molecule has 0 saturated carbocycles. The number of ether oxygens (including phenoxy) is 1. The minimum Gasteiger partial charge on any atom is -0.479 e. The van der Waals surface area contributed by atoms with E-state index >= 15 is 0 Å². The van der Waals surface area contributed by atoms with Gasteiger partial charge >= 0.3 is 5.97 Å². The summed E-state index contributed by atoms with van der Waals surface area (Å²) in [4.78, 5) is 14.0. The number of carboxylic acid groups (broad SMARTS) is 1. The van der Waals surface area contributed by atoms with Crippen LogP contribution in [0.5, 0.6) is 0 Å². The van der Waals surface area contributed by atoms with E-state index in [-0.39, 0.29) is 16.9 Å². The van der Waals surface area contributed by atoms with Gasteiger partial charge in [0.25, 0.3) is 0 Å². The highest BCUT2D eigenvalue weighted by Crippen LogP contribution is 2.32. The van der Waals surface area contributed by atoms with Crippen molar-refractivity contribution in [1.82, 2.24) is 9.21 Å². The predicted molar refractivity (Wildman–Crippen MR) is 140 cm³/mol. The van der Waals surface area contributed by atoms with E-state index in [0.717, 1.165) is 0 Å². The van der Waals surface area contributed by atoms with Crippen molar-refractivity contribution in [1.29, 1.82) is 0 Å². The molecular weight excluding hydrogens is 476 g/mol. The molecule has 2 atom stereocenters. The molecule has 0 radical (unpaired) electrons. The fourth-order valence-electron chi connectivity index (χ4n) is 4.72. The van der Waals surface area contributed by atoms with Crippen LogP contribution < -0.4 is 0 Å². The maximum atomic E-state index is 13.5. The molecule has 0 amide bonds. The zero-order valence-electron chi connectivity index (χ0n) is 20.9. The number of hydrogen-bond donors (Lipinski definition) is 1. The summed E-state index contributed by atoms with van der Waals surface area (Å²) >= 11 is 0. The average molecular weight is 511 g/mol. The summed E-state index contributed by atoms with van der Waals surface area (Å²) in [6.45, 7) is 6.82. The summed E-state index contributed by atoms with van der Waals surface area (Å²) in [6, 6.07) is 20.6. The average Bonchev–Trinajstić information content (AvgIpc) is 2.87. The Kier molecular flexibility index (Phi) is 7.80. The summed E-state index contributed by atoms with van der Waals surface area (Å²) in [5.74, 6) is -1.34. The van der Waals surface area contributed by atoms with Crippen molar-refractivity contribution >= 4 is 16.0 Å². The topological polar surface area (TPSA) is 87.2 Å². The van der Waals surface area contributed by atoms with Gasteiger partial charge in [-0.2, -0.15) is 4.31 Å². The van der Waals surface area contributed by atoms with E-state index in [2.05, 4.69) is 29.2 Å². The van der Waals surface area contributed by atoms with Crippen LogP contribution in [0.2, 0.25) is 0 Å². The first-order chi connectivity index (χ1) is 17.1. The number of nitrogens with zero attached hydrogens (tertiary/aromatic N) is 2. The van der Waals surface area contributed by atoms with Crippen LogP contribution in [-0.2, 0) is 19.6 Å². The van der Waals surface area contributed by atoms with E-state index in [1.54, 1.807) is 22.5 Å². The molecule has 0 aromatic heterocycles. The summed E-state index contributed by atoms with van der Waals surface area (Å²) in [6.07, 6.45) is 4.35. The molecule has 0 spiro atoms. The summed E-state index contributed by atoms with van der Waals surface area (Å²) in [7, 11) is -3.67. The Morgan fingerprint density at radius 3 is 1.97 bits per heavy atom. The first-order valence-electron chi connectivity index (χ1n) is 12.2. The molecule has 2 aliphatic rings. The fraction of sp³-hybridized carbons (Fsp3) is 0.393. The lowest BCUT2D eigenvalue weighted by molar-refractivity contribution is -0.166. The number of piperazine rings is 1. The van der Waals surface area contributed by atoms with Crippen LogP contribution >= 0.6 is 0 Å². The van der Waals surface area contributed by atoms with Gasteiger partial charge in [0, 0.05) is 32.1 Å². The third-order valence-corrected chi connectivity index (χ3v) is 8.76. The molecule has 7 nitrogen and oxygen atoms in total. The lowest BCUT2D eigenvalue weighted by Crippen LogP contribution is -2.50. The van der Waals surface area contributed by atoms with Crippen LogP contribution in [-0.4, -0.2) is 66.6 Å². The van der Waals surface area contributed by atoms with E-state index in [1.807, 2.05) is 43.3 Å². The Morgan fingerprint density at radius 2 is 1.50 bits per heavy atom. The van der Waals surface area contributed by atoms with Gasteiger partial charge in [-0.15, -0.1) is 0 Å². The van der Waals surface area contributed by atoms with Crippen molar-refractivity contribution in [3.05, 3.63) is 94.9 Å². The Bertz CT molecular complexity index is 1180. The normalized spacial score (nSPS) is 21.9. The van der Waals surface area contributed by atoms with Gasteiger partial charge in [-0.25, -0.2) is 13.2 Å². The minimum absolute atomic E-state index is 0.0570. The van der Waals surface area contributed by atoms with Gasteiger partial charge in [-0.3, -0.25) is 4.90 Å². The number of rotatable bonds is 8. The number of carbonyl (C=O) groups is 1. The molecule has 36 heavy (non-hydrogen) atoms. The van der Waals surface area contributed by atoms with Gasteiger partial charge in [0.15, 0.2) is 5.60 Å². The summed E-state index contributed by atoms with van der Waals surface area (Å²) in [5.41, 5.74) is 1.00. The molecule has 2 aromatic carbocycles. The lowest BCUT2D eigenvalue weighted by Gasteiger charge is -2.39. The van der Waals surface area contributed by atoms with Crippen molar-refractivity contribution in [2.75, 3.05) is 26.2 Å². The summed E-state index contributed by atoms with van der Waals surface area (Å²) < 4.78 is 34.2. The molecule has 192 valence electrons. The number of benzene rings is 2. The highest BCUT2D eigenvalue weighted by Gasteiger charge is 2.36. The predicted octanol–water partition coefficient (Wildman–Crippen LogP) is 4.06. The SMILES string of the molecule is CC1C=C(S(=O)(=O)N2CCN(C(c3ccccc3)c3ccccc3)CC2)C=CC1OC(C)(C)C(=O)O. The number of allylic oxidation sites excluding steroid dienone is 1. The number of sulfonamides is 1. The van der Waals surface area contributed by atoms with E-state index in [1.165, 1.54) is 25.0 Å². The monoisotopic (exact) mass is 510 g/mol. The molecule has 4 rings (SSSR count). The standard InChI is InChI=1S/C28H34N2O5S/c1-21-20-24(14-15-25(21)35-28(2,3)27(31)32)36(33,34)30-18-16-29(17-19-30)26(22-10-6-4-7-11-22)23-12-8-5-9-13-23/h4-15,20-21,25-26H,16-19H2,1-3H3,(H,31,32). The molecule has 1 aliphatic heterocycles. The van der Waals surface area contributed by atoms with Crippen LogP contribution in [0.4, 0.5) is 0 Å². The number of aliphatic carboxylic acids is 1. The zero-order valence-corrected chi connectivity index (χ0v) is 21.8. The molecular formula is C28H34N2O5S.